The molecule has 1 heterocycles. The van der Waals surface area contributed by atoms with Crippen molar-refractivity contribution in [1.82, 2.24) is 15.0 Å². The lowest BCUT2D eigenvalue weighted by molar-refractivity contribution is 0.0980. The minimum atomic E-state index is -5.08. The minimum absolute atomic E-state index is 0.0352. The zero-order valence-electron chi connectivity index (χ0n) is 25.1. The second-order valence-corrected chi connectivity index (χ2v) is 15.2. The van der Waals surface area contributed by atoms with Crippen LogP contribution in [0, 0.1) is 0 Å². The smallest absolute Gasteiger partial charge is 0.296 e. The van der Waals surface area contributed by atoms with Gasteiger partial charge in [0.15, 0.2) is 11.6 Å². The molecule has 4 aromatic carbocycles. The van der Waals surface area contributed by atoms with Crippen molar-refractivity contribution in [3.8, 4) is 0 Å². The molecule has 0 bridgehead atoms. The number of nitrogens with two attached hydrogens (primary N) is 1. The zero-order valence-corrected chi connectivity index (χ0v) is 28.3. The molecule has 8 N–H and O–H groups in total. The fourth-order valence-corrected chi connectivity index (χ4v) is 6.99. The van der Waals surface area contributed by atoms with Crippen LogP contribution in [0.3, 0.4) is 0 Å². The maximum absolute atomic E-state index is 13.7. The first-order valence-electron chi connectivity index (χ1n) is 13.8. The van der Waals surface area contributed by atoms with Crippen LogP contribution in [0.5, 0.6) is 0 Å². The summed E-state index contributed by atoms with van der Waals surface area (Å²) >= 11 is 6.06. The van der Waals surface area contributed by atoms with Crippen molar-refractivity contribution >= 4 is 93.9 Å². The maximum Gasteiger partial charge on any atom is 0.296 e. The monoisotopic (exact) mass is 773 g/mol. The van der Waals surface area contributed by atoms with E-state index in [1.165, 1.54) is 42.5 Å². The Hall–Kier alpha value is -5.55. The van der Waals surface area contributed by atoms with E-state index in [4.69, 9.17) is 17.3 Å². The molecule has 1 aliphatic rings. The van der Waals surface area contributed by atoms with Gasteiger partial charge >= 0.3 is 0 Å². The molecule has 0 amide bonds. The van der Waals surface area contributed by atoms with Crippen molar-refractivity contribution < 1.29 is 48.5 Å². The van der Waals surface area contributed by atoms with Crippen LogP contribution < -0.4 is 21.7 Å². The highest BCUT2D eigenvalue weighted by Crippen LogP contribution is 2.40. The summed E-state index contributed by atoms with van der Waals surface area (Å²) in [6.45, 7) is 0. The van der Waals surface area contributed by atoms with E-state index in [2.05, 4.69) is 30.9 Å². The fourth-order valence-electron chi connectivity index (χ4n) is 5.11. The Morgan fingerprint density at radius 3 is 1.69 bits per heavy atom. The number of hydrogen-bond donors (Lipinski definition) is 7. The summed E-state index contributed by atoms with van der Waals surface area (Å²) in [5, 5.41) is 7.64. The van der Waals surface area contributed by atoms with Crippen molar-refractivity contribution in [3.63, 3.8) is 0 Å². The Kier molecular flexibility index (Phi) is 8.75. The summed E-state index contributed by atoms with van der Waals surface area (Å²) in [4.78, 5) is 37.0. The average Bonchev–Trinajstić information content (AvgIpc) is 3.02. The molecule has 0 atom stereocenters. The van der Waals surface area contributed by atoms with Crippen LogP contribution in [0.4, 0.5) is 40.3 Å². The standard InChI is InChI=1S/C29H20ClN7O11S3/c30-27-35-28(33-13-4-3-5-16(9-13)49(40,41)42)37-29(36-27)34-15-8-14(10-17(11-15)50(43,44)45)32-20-12-21(51(46,47)48)24(31)23-22(20)25(38)18-6-1-2-7-19(18)26(23)39/h1-12,32H,31H2,(H,40,41,42)(H,43,44,45)(H,46,47,48)(H2,33,34,35,36,37). The SMILES string of the molecule is Nc1c(S(=O)(=O)O)cc(Nc2cc(Nc3nc(Cl)nc(Nc4cccc(S(=O)(=O)O)c4)n3)cc(S(=O)(=O)O)c2)c2c1C(=O)c1ccccc1C2=O. The third-order valence-corrected chi connectivity index (χ3v) is 9.96. The van der Waals surface area contributed by atoms with Gasteiger partial charge < -0.3 is 21.7 Å². The van der Waals surface area contributed by atoms with E-state index < -0.39 is 67.9 Å². The Morgan fingerprint density at radius 1 is 0.588 bits per heavy atom. The molecule has 0 saturated heterocycles. The summed E-state index contributed by atoms with van der Waals surface area (Å²) in [6.07, 6.45) is 0. The maximum atomic E-state index is 13.7. The molecule has 0 spiro atoms. The number of aromatic nitrogens is 3. The van der Waals surface area contributed by atoms with Gasteiger partial charge in [0.2, 0.25) is 17.2 Å². The van der Waals surface area contributed by atoms with Crippen molar-refractivity contribution in [2.75, 3.05) is 21.7 Å². The van der Waals surface area contributed by atoms with E-state index in [1.54, 1.807) is 0 Å². The number of nitrogens with zero attached hydrogens (tertiary/aromatic N) is 3. The number of halogens is 1. The third kappa shape index (κ3) is 7.20. The van der Waals surface area contributed by atoms with E-state index in [1.807, 2.05) is 0 Å². The Labute approximate surface area is 293 Å². The number of nitrogens with one attached hydrogen (secondary N) is 3. The highest BCUT2D eigenvalue weighted by Gasteiger charge is 2.36. The van der Waals surface area contributed by atoms with Gasteiger partial charge in [-0.15, -0.1) is 0 Å². The highest BCUT2D eigenvalue weighted by molar-refractivity contribution is 7.86. The fraction of sp³-hybridized carbons (Fsp3) is 0. The number of ketones is 2. The van der Waals surface area contributed by atoms with Crippen LogP contribution >= 0.6 is 11.6 Å². The molecule has 0 saturated carbocycles. The minimum Gasteiger partial charge on any atom is -0.397 e. The van der Waals surface area contributed by atoms with Gasteiger partial charge in [-0.05, 0) is 54.1 Å². The van der Waals surface area contributed by atoms with Gasteiger partial charge in [-0.3, -0.25) is 23.2 Å². The Morgan fingerprint density at radius 2 is 1.12 bits per heavy atom. The molecule has 5 aromatic rings. The molecule has 51 heavy (non-hydrogen) atoms. The van der Waals surface area contributed by atoms with Gasteiger partial charge in [0.05, 0.1) is 32.3 Å². The number of carbonyl (C=O) groups is 2. The molecule has 262 valence electrons. The quantitative estimate of drug-likeness (QED) is 0.0810. The van der Waals surface area contributed by atoms with Crippen molar-refractivity contribution in [3.05, 3.63) is 100 Å². The van der Waals surface area contributed by atoms with Crippen molar-refractivity contribution in [2.45, 2.75) is 14.7 Å². The predicted octanol–water partition coefficient (Wildman–Crippen LogP) is 3.85. The van der Waals surface area contributed by atoms with Gasteiger partial charge in [-0.25, -0.2) is 0 Å². The normalized spacial score (nSPS) is 12.9. The first-order valence-corrected chi connectivity index (χ1v) is 18.5. The first-order chi connectivity index (χ1) is 23.8. The predicted molar refractivity (Wildman–Crippen MR) is 181 cm³/mol. The number of fused-ring (bicyclic) bond motifs is 2. The Bertz CT molecular complexity index is 2670. The van der Waals surface area contributed by atoms with Crippen LogP contribution in [0.15, 0.2) is 87.5 Å². The van der Waals surface area contributed by atoms with E-state index in [9.17, 15) is 48.5 Å². The van der Waals surface area contributed by atoms with Gasteiger partial charge in [-0.2, -0.15) is 40.2 Å². The summed E-state index contributed by atoms with van der Waals surface area (Å²) in [5.74, 6) is -2.11. The molecule has 6 rings (SSSR count). The lowest BCUT2D eigenvalue weighted by Crippen LogP contribution is -2.25. The van der Waals surface area contributed by atoms with Crippen LogP contribution in [-0.2, 0) is 30.4 Å². The molecular weight excluding hydrogens is 754 g/mol. The lowest BCUT2D eigenvalue weighted by atomic mass is 9.82. The van der Waals surface area contributed by atoms with Crippen LogP contribution in [0.1, 0.15) is 31.8 Å². The molecule has 0 unspecified atom stereocenters. The number of benzene rings is 4. The van der Waals surface area contributed by atoms with Crippen LogP contribution in [-0.4, -0.2) is 65.4 Å². The van der Waals surface area contributed by atoms with Crippen LogP contribution in [0.2, 0.25) is 5.28 Å². The van der Waals surface area contributed by atoms with Gasteiger partial charge in [-0.1, -0.05) is 30.3 Å². The number of hydrogen-bond acceptors (Lipinski definition) is 15. The van der Waals surface area contributed by atoms with E-state index in [0.717, 1.165) is 30.3 Å². The van der Waals surface area contributed by atoms with Gasteiger partial charge in [0.25, 0.3) is 30.4 Å². The Balaban J connectivity index is 1.43. The first kappa shape index (κ1) is 35.3. The summed E-state index contributed by atoms with van der Waals surface area (Å²) < 4.78 is 101. The molecule has 0 radical (unpaired) electrons. The van der Waals surface area contributed by atoms with Crippen molar-refractivity contribution in [2.24, 2.45) is 0 Å². The second-order valence-electron chi connectivity index (χ2n) is 10.6. The molecule has 1 aliphatic carbocycles. The molecule has 1 aromatic heterocycles. The molecule has 0 fully saturated rings. The second kappa shape index (κ2) is 12.6. The van der Waals surface area contributed by atoms with Gasteiger partial charge in [0, 0.05) is 28.2 Å². The summed E-state index contributed by atoms with van der Waals surface area (Å²) in [6, 6.07) is 14.5. The topological polar surface area (TPSA) is 298 Å². The third-order valence-electron chi connectivity index (χ3n) is 7.21. The molecule has 0 aliphatic heterocycles. The lowest BCUT2D eigenvalue weighted by Gasteiger charge is -2.24. The number of rotatable bonds is 9. The number of nitrogen functional groups attached to an aromatic ring is 1. The van der Waals surface area contributed by atoms with Crippen LogP contribution in [0.25, 0.3) is 0 Å². The molecular formula is C29H20ClN7O11S3. The number of carbonyl (C=O) groups excluding carboxylic acids is 2. The average molecular weight is 774 g/mol. The zero-order chi connectivity index (χ0) is 37.0. The highest BCUT2D eigenvalue weighted by atomic mass is 35.5. The summed E-state index contributed by atoms with van der Waals surface area (Å²) in [5.41, 5.74) is 3.70. The largest absolute Gasteiger partial charge is 0.397 e. The molecule has 22 heteroatoms. The number of anilines is 7. The molecule has 18 nitrogen and oxygen atoms in total. The van der Waals surface area contributed by atoms with Crippen molar-refractivity contribution in [1.29, 1.82) is 0 Å². The summed E-state index contributed by atoms with van der Waals surface area (Å²) in [7, 11) is -14.6. The van der Waals surface area contributed by atoms with E-state index in [-0.39, 0.29) is 56.6 Å². The van der Waals surface area contributed by atoms with E-state index in [0.29, 0.717) is 0 Å². The van der Waals surface area contributed by atoms with E-state index >= 15 is 0 Å². The van der Waals surface area contributed by atoms with Gasteiger partial charge in [0.1, 0.15) is 4.90 Å².